The third-order valence-corrected chi connectivity index (χ3v) is 1.78. The van der Waals surface area contributed by atoms with Crippen molar-refractivity contribution in [2.24, 2.45) is 0 Å². The van der Waals surface area contributed by atoms with Crippen LogP contribution in [-0.2, 0) is 4.79 Å². The first-order valence-electron chi connectivity index (χ1n) is 5.04. The fraction of sp³-hybridized carbons (Fsp3) is 0.273. The smallest absolute Gasteiger partial charge is 0.319 e. The minimum absolute atomic E-state index is 0.143. The van der Waals surface area contributed by atoms with Crippen molar-refractivity contribution in [1.29, 1.82) is 0 Å². The molecule has 0 saturated carbocycles. The van der Waals surface area contributed by atoms with Crippen molar-refractivity contribution in [3.8, 4) is 0 Å². The van der Waals surface area contributed by atoms with Gasteiger partial charge in [-0.05, 0) is 25.1 Å². The summed E-state index contributed by atoms with van der Waals surface area (Å²) >= 11 is 0. The van der Waals surface area contributed by atoms with Gasteiger partial charge in [-0.2, -0.15) is 0 Å². The summed E-state index contributed by atoms with van der Waals surface area (Å²) in [6, 6.07) is 6.69. The van der Waals surface area contributed by atoms with Crippen molar-refractivity contribution in [3.63, 3.8) is 0 Å². The molecule has 0 bridgehead atoms. The second-order valence-corrected chi connectivity index (χ2v) is 3.25. The first-order chi connectivity index (χ1) is 7.61. The lowest BCUT2D eigenvalue weighted by Crippen LogP contribution is -2.28. The Morgan fingerprint density at radius 3 is 2.38 bits per heavy atom. The lowest BCUT2D eigenvalue weighted by molar-refractivity contribution is -0.114. The van der Waals surface area contributed by atoms with Crippen LogP contribution in [0, 0.1) is 0 Å². The minimum atomic E-state index is -0.262. The Labute approximate surface area is 94.2 Å². The van der Waals surface area contributed by atoms with Gasteiger partial charge < -0.3 is 16.0 Å². The predicted molar refractivity (Wildman–Crippen MR) is 63.4 cm³/mol. The molecule has 1 aromatic carbocycles. The standard InChI is InChI=1S/C11H15N3O2/c1-3-12-11(16)14-10-6-4-5-9(7-10)13-8(2)15/h4-7H,3H2,1-2H3,(H,13,15)(H2,12,14,16). The first-order valence-corrected chi connectivity index (χ1v) is 5.04. The SMILES string of the molecule is CCNC(=O)Nc1cccc(NC(C)=O)c1. The molecule has 0 unspecified atom stereocenters. The number of hydrogen-bond donors (Lipinski definition) is 3. The molecule has 5 heteroatoms. The summed E-state index contributed by atoms with van der Waals surface area (Å²) in [6.07, 6.45) is 0. The number of hydrogen-bond acceptors (Lipinski definition) is 2. The summed E-state index contributed by atoms with van der Waals surface area (Å²) in [5.41, 5.74) is 1.29. The number of rotatable bonds is 3. The summed E-state index contributed by atoms with van der Waals surface area (Å²) in [7, 11) is 0. The summed E-state index contributed by atoms with van der Waals surface area (Å²) < 4.78 is 0. The number of nitrogens with one attached hydrogen (secondary N) is 3. The molecule has 0 aromatic heterocycles. The molecule has 0 fully saturated rings. The second-order valence-electron chi connectivity index (χ2n) is 3.25. The van der Waals surface area contributed by atoms with Gasteiger partial charge in [0.15, 0.2) is 0 Å². The third kappa shape index (κ3) is 4.00. The van der Waals surface area contributed by atoms with Gasteiger partial charge >= 0.3 is 6.03 Å². The maximum Gasteiger partial charge on any atom is 0.319 e. The Morgan fingerprint density at radius 1 is 1.19 bits per heavy atom. The van der Waals surface area contributed by atoms with Crippen LogP contribution in [0.25, 0.3) is 0 Å². The molecular weight excluding hydrogens is 206 g/mol. The van der Waals surface area contributed by atoms with Gasteiger partial charge in [-0.25, -0.2) is 4.79 Å². The quantitative estimate of drug-likeness (QED) is 0.728. The highest BCUT2D eigenvalue weighted by Crippen LogP contribution is 2.14. The van der Waals surface area contributed by atoms with Gasteiger partial charge in [0, 0.05) is 24.8 Å². The van der Waals surface area contributed by atoms with Crippen LogP contribution < -0.4 is 16.0 Å². The largest absolute Gasteiger partial charge is 0.338 e. The van der Waals surface area contributed by atoms with Gasteiger partial charge in [-0.1, -0.05) is 6.07 Å². The maximum atomic E-state index is 11.2. The van der Waals surface area contributed by atoms with Crippen LogP contribution in [0.4, 0.5) is 16.2 Å². The zero-order valence-electron chi connectivity index (χ0n) is 9.33. The van der Waals surface area contributed by atoms with Crippen molar-refractivity contribution < 1.29 is 9.59 Å². The molecule has 5 nitrogen and oxygen atoms in total. The van der Waals surface area contributed by atoms with E-state index in [1.807, 2.05) is 6.92 Å². The molecule has 0 spiro atoms. The molecule has 1 rings (SSSR count). The van der Waals surface area contributed by atoms with Crippen molar-refractivity contribution in [1.82, 2.24) is 5.32 Å². The van der Waals surface area contributed by atoms with Crippen LogP contribution in [0.15, 0.2) is 24.3 Å². The van der Waals surface area contributed by atoms with Crippen molar-refractivity contribution in [2.75, 3.05) is 17.2 Å². The fourth-order valence-corrected chi connectivity index (χ4v) is 1.21. The lowest BCUT2D eigenvalue weighted by atomic mass is 10.3. The van der Waals surface area contributed by atoms with E-state index < -0.39 is 0 Å². The monoisotopic (exact) mass is 221 g/mol. The zero-order valence-corrected chi connectivity index (χ0v) is 9.33. The van der Waals surface area contributed by atoms with Crippen LogP contribution in [0.3, 0.4) is 0 Å². The molecule has 0 radical (unpaired) electrons. The summed E-state index contributed by atoms with van der Waals surface area (Å²) in [5, 5.41) is 7.91. The minimum Gasteiger partial charge on any atom is -0.338 e. The fourth-order valence-electron chi connectivity index (χ4n) is 1.21. The number of carbonyl (C=O) groups excluding carboxylic acids is 2. The topological polar surface area (TPSA) is 70.2 Å². The number of amides is 3. The first kappa shape index (κ1) is 12.0. The van der Waals surface area contributed by atoms with E-state index >= 15 is 0 Å². The molecule has 0 saturated heterocycles. The molecular formula is C11H15N3O2. The van der Waals surface area contributed by atoms with Crippen molar-refractivity contribution >= 4 is 23.3 Å². The molecule has 0 atom stereocenters. The van der Waals surface area contributed by atoms with Crippen LogP contribution in [0.2, 0.25) is 0 Å². The van der Waals surface area contributed by atoms with Gasteiger partial charge in [-0.15, -0.1) is 0 Å². The highest BCUT2D eigenvalue weighted by Gasteiger charge is 2.01. The highest BCUT2D eigenvalue weighted by atomic mass is 16.2. The Hall–Kier alpha value is -2.04. The number of urea groups is 1. The lowest BCUT2D eigenvalue weighted by Gasteiger charge is -2.07. The molecule has 0 aliphatic rings. The van der Waals surface area contributed by atoms with E-state index in [0.29, 0.717) is 17.9 Å². The van der Waals surface area contributed by atoms with E-state index in [0.717, 1.165) is 0 Å². The average Bonchev–Trinajstić information content (AvgIpc) is 2.17. The van der Waals surface area contributed by atoms with Gasteiger partial charge in [0.05, 0.1) is 0 Å². The van der Waals surface area contributed by atoms with E-state index in [9.17, 15) is 9.59 Å². The van der Waals surface area contributed by atoms with Crippen LogP contribution >= 0.6 is 0 Å². The molecule has 16 heavy (non-hydrogen) atoms. The van der Waals surface area contributed by atoms with Crippen LogP contribution in [0.5, 0.6) is 0 Å². The van der Waals surface area contributed by atoms with E-state index in [1.165, 1.54) is 6.92 Å². The summed E-state index contributed by atoms with van der Waals surface area (Å²) in [4.78, 5) is 22.1. The highest BCUT2D eigenvalue weighted by molar-refractivity contribution is 5.92. The Kier molecular flexibility index (Phi) is 4.32. The van der Waals surface area contributed by atoms with E-state index in [2.05, 4.69) is 16.0 Å². The summed E-state index contributed by atoms with van der Waals surface area (Å²) in [5.74, 6) is -0.143. The number of benzene rings is 1. The molecule has 3 N–H and O–H groups in total. The number of carbonyl (C=O) groups is 2. The van der Waals surface area contributed by atoms with Crippen molar-refractivity contribution in [3.05, 3.63) is 24.3 Å². The van der Waals surface area contributed by atoms with E-state index in [1.54, 1.807) is 24.3 Å². The molecule has 86 valence electrons. The molecule has 3 amide bonds. The van der Waals surface area contributed by atoms with Crippen molar-refractivity contribution in [2.45, 2.75) is 13.8 Å². The van der Waals surface area contributed by atoms with Gasteiger partial charge in [0.2, 0.25) is 5.91 Å². The van der Waals surface area contributed by atoms with Crippen LogP contribution in [0.1, 0.15) is 13.8 Å². The number of anilines is 2. The van der Waals surface area contributed by atoms with Gasteiger partial charge in [0.1, 0.15) is 0 Å². The second kappa shape index (κ2) is 5.75. The summed E-state index contributed by atoms with van der Waals surface area (Å²) in [6.45, 7) is 3.84. The van der Waals surface area contributed by atoms with Gasteiger partial charge in [0.25, 0.3) is 0 Å². The normalized spacial score (nSPS) is 9.38. The van der Waals surface area contributed by atoms with Crippen LogP contribution in [-0.4, -0.2) is 18.5 Å². The van der Waals surface area contributed by atoms with E-state index in [4.69, 9.17) is 0 Å². The molecule has 0 aliphatic carbocycles. The average molecular weight is 221 g/mol. The Balaban J connectivity index is 2.67. The third-order valence-electron chi connectivity index (χ3n) is 1.78. The van der Waals surface area contributed by atoms with Gasteiger partial charge in [-0.3, -0.25) is 4.79 Å². The zero-order chi connectivity index (χ0) is 12.0. The molecule has 0 aliphatic heterocycles. The Morgan fingerprint density at radius 2 is 1.81 bits per heavy atom. The maximum absolute atomic E-state index is 11.2. The predicted octanol–water partition coefficient (Wildman–Crippen LogP) is 1.79. The molecule has 0 heterocycles. The Bertz CT molecular complexity index is 391. The van der Waals surface area contributed by atoms with E-state index in [-0.39, 0.29) is 11.9 Å². The molecule has 1 aromatic rings.